The van der Waals surface area contributed by atoms with E-state index in [0.29, 0.717) is 19.4 Å². The number of amides is 2. The summed E-state index contributed by atoms with van der Waals surface area (Å²) in [6.07, 6.45) is 1.27. The Hall–Kier alpha value is -2.66. The van der Waals surface area contributed by atoms with E-state index in [1.807, 2.05) is 24.3 Å². The maximum absolute atomic E-state index is 13.2. The number of rotatable bonds is 10. The number of benzene rings is 2. The Bertz CT molecular complexity index is 1260. The van der Waals surface area contributed by atoms with Crippen molar-refractivity contribution >= 4 is 50.9 Å². The second-order valence-electron chi connectivity index (χ2n) is 8.71. The lowest BCUT2D eigenvalue weighted by atomic mass is 10.1. The molecule has 0 spiro atoms. The largest absolute Gasteiger partial charge is 0.368 e. The highest BCUT2D eigenvalue weighted by Crippen LogP contribution is 2.37. The van der Waals surface area contributed by atoms with Crippen molar-refractivity contribution in [3.63, 3.8) is 0 Å². The van der Waals surface area contributed by atoms with Gasteiger partial charge in [0.1, 0.15) is 10.7 Å². The van der Waals surface area contributed by atoms with E-state index in [9.17, 15) is 18.0 Å². The first kappa shape index (κ1) is 26.4. The van der Waals surface area contributed by atoms with Crippen LogP contribution in [0.15, 0.2) is 52.4 Å². The highest BCUT2D eigenvalue weighted by molar-refractivity contribution is 7.89. The quantitative estimate of drug-likeness (QED) is 0.470. The molecule has 0 aromatic heterocycles. The van der Waals surface area contributed by atoms with Gasteiger partial charge in [-0.1, -0.05) is 53.5 Å². The van der Waals surface area contributed by atoms with Crippen molar-refractivity contribution < 1.29 is 18.0 Å². The lowest BCUT2D eigenvalue weighted by molar-refractivity contribution is -0.132. The highest BCUT2D eigenvalue weighted by atomic mass is 35.5. The van der Waals surface area contributed by atoms with Gasteiger partial charge in [-0.2, -0.15) is 4.31 Å². The first-order chi connectivity index (χ1) is 17.2. The SMILES string of the molecule is CN(Cc1ccc(C2=NCCN2)cc1)C(=O)CNC(=O)CN(C1CC1)S(=O)(=O)c1c(Cl)cccc1Cl. The van der Waals surface area contributed by atoms with E-state index < -0.39 is 22.5 Å². The fraction of sp³-hybridized carbons (Fsp3) is 0.375. The third-order valence-electron chi connectivity index (χ3n) is 5.92. The molecule has 1 fully saturated rings. The van der Waals surface area contributed by atoms with E-state index >= 15 is 0 Å². The summed E-state index contributed by atoms with van der Waals surface area (Å²) in [7, 11) is -2.46. The number of hydrogen-bond acceptors (Lipinski definition) is 6. The summed E-state index contributed by atoms with van der Waals surface area (Å²) in [5, 5.41) is 5.74. The normalized spacial score (nSPS) is 15.4. The van der Waals surface area contributed by atoms with Crippen LogP contribution in [0.3, 0.4) is 0 Å². The second-order valence-corrected chi connectivity index (χ2v) is 11.4. The molecule has 0 radical (unpaired) electrons. The molecule has 192 valence electrons. The average Bonchev–Trinajstić information content (AvgIpc) is 3.53. The van der Waals surface area contributed by atoms with Gasteiger partial charge in [-0.3, -0.25) is 14.6 Å². The summed E-state index contributed by atoms with van der Waals surface area (Å²) in [6.45, 7) is 1.28. The first-order valence-corrected chi connectivity index (χ1v) is 13.7. The van der Waals surface area contributed by atoms with Gasteiger partial charge in [0.05, 0.1) is 29.7 Å². The van der Waals surface area contributed by atoms with Crippen LogP contribution in [0.4, 0.5) is 0 Å². The lowest BCUT2D eigenvalue weighted by Gasteiger charge is -2.23. The van der Waals surface area contributed by atoms with Crippen LogP contribution in [0, 0.1) is 0 Å². The average molecular weight is 552 g/mol. The number of sulfonamides is 1. The van der Waals surface area contributed by atoms with Crippen molar-refractivity contribution in [2.24, 2.45) is 4.99 Å². The van der Waals surface area contributed by atoms with Gasteiger partial charge in [-0.05, 0) is 30.5 Å². The maximum Gasteiger partial charge on any atom is 0.246 e. The molecular formula is C24H27Cl2N5O4S. The van der Waals surface area contributed by atoms with Gasteiger partial charge >= 0.3 is 0 Å². The predicted octanol–water partition coefficient (Wildman–Crippen LogP) is 2.27. The monoisotopic (exact) mass is 551 g/mol. The summed E-state index contributed by atoms with van der Waals surface area (Å²) < 4.78 is 27.6. The van der Waals surface area contributed by atoms with E-state index in [0.717, 1.165) is 34.4 Å². The maximum atomic E-state index is 13.2. The Morgan fingerprint density at radius 3 is 2.36 bits per heavy atom. The van der Waals surface area contributed by atoms with Gasteiger partial charge in [-0.15, -0.1) is 0 Å². The molecule has 2 aliphatic rings. The molecule has 0 unspecified atom stereocenters. The molecule has 1 aliphatic heterocycles. The minimum Gasteiger partial charge on any atom is -0.368 e. The molecule has 2 N–H and O–H groups in total. The second kappa shape index (κ2) is 11.2. The van der Waals surface area contributed by atoms with Crippen molar-refractivity contribution in [1.29, 1.82) is 0 Å². The minimum absolute atomic E-state index is 0.00844. The lowest BCUT2D eigenvalue weighted by Crippen LogP contribution is -2.45. The number of halogens is 2. The topological polar surface area (TPSA) is 111 Å². The molecule has 0 saturated heterocycles. The number of nitrogens with zero attached hydrogens (tertiary/aromatic N) is 3. The first-order valence-electron chi connectivity index (χ1n) is 11.5. The van der Waals surface area contributed by atoms with Crippen LogP contribution < -0.4 is 10.6 Å². The van der Waals surface area contributed by atoms with Crippen molar-refractivity contribution in [2.75, 3.05) is 33.2 Å². The molecule has 0 atom stereocenters. The van der Waals surface area contributed by atoms with Gasteiger partial charge in [0.15, 0.2) is 0 Å². The number of carbonyl (C=O) groups excluding carboxylic acids is 2. The van der Waals surface area contributed by atoms with Crippen LogP contribution in [-0.2, 0) is 26.2 Å². The van der Waals surface area contributed by atoms with Crippen molar-refractivity contribution in [2.45, 2.75) is 30.3 Å². The van der Waals surface area contributed by atoms with Crippen LogP contribution in [-0.4, -0.2) is 74.5 Å². The van der Waals surface area contributed by atoms with E-state index in [2.05, 4.69) is 15.6 Å². The molecule has 4 rings (SSSR count). The van der Waals surface area contributed by atoms with Gasteiger partial charge in [0, 0.05) is 31.7 Å². The summed E-state index contributed by atoms with van der Waals surface area (Å²) in [6, 6.07) is 11.9. The highest BCUT2D eigenvalue weighted by Gasteiger charge is 2.41. The third kappa shape index (κ3) is 6.18. The zero-order valence-electron chi connectivity index (χ0n) is 19.7. The zero-order chi connectivity index (χ0) is 25.9. The molecule has 2 amide bonds. The third-order valence-corrected chi connectivity index (χ3v) is 8.78. The van der Waals surface area contributed by atoms with Gasteiger partial charge in [0.25, 0.3) is 0 Å². The molecule has 36 heavy (non-hydrogen) atoms. The number of likely N-dealkylation sites (N-methyl/N-ethyl adjacent to an activating group) is 1. The van der Waals surface area contributed by atoms with E-state index in [1.54, 1.807) is 13.1 Å². The summed E-state index contributed by atoms with van der Waals surface area (Å²) in [4.78, 5) is 30.9. The van der Waals surface area contributed by atoms with Crippen LogP contribution in [0.2, 0.25) is 10.0 Å². The molecule has 2 aromatic carbocycles. The summed E-state index contributed by atoms with van der Waals surface area (Å²) >= 11 is 12.2. The van der Waals surface area contributed by atoms with Crippen LogP contribution in [0.1, 0.15) is 24.0 Å². The standard InChI is InChI=1S/C24H27Cl2N5O4S/c1-30(14-16-5-7-17(8-6-16)24-27-11-12-28-24)22(33)13-29-21(32)15-31(18-9-10-18)36(34,35)23-19(25)3-2-4-20(23)26/h2-8,18H,9-15H2,1H3,(H,27,28)(H,29,32). The van der Waals surface area contributed by atoms with Crippen LogP contribution in [0.25, 0.3) is 0 Å². The molecule has 9 nitrogen and oxygen atoms in total. The smallest absolute Gasteiger partial charge is 0.246 e. The number of carbonyl (C=O) groups is 2. The van der Waals surface area contributed by atoms with Gasteiger partial charge in [0.2, 0.25) is 21.8 Å². The summed E-state index contributed by atoms with van der Waals surface area (Å²) in [5.74, 6) is -0.0124. The number of nitrogens with one attached hydrogen (secondary N) is 2. The Kier molecular flexibility index (Phi) is 8.19. The predicted molar refractivity (Wildman–Crippen MR) is 139 cm³/mol. The van der Waals surface area contributed by atoms with E-state index in [4.69, 9.17) is 23.2 Å². The zero-order valence-corrected chi connectivity index (χ0v) is 22.0. The number of amidine groups is 1. The fourth-order valence-corrected chi connectivity index (χ4v) is 6.58. The molecule has 1 saturated carbocycles. The molecule has 2 aromatic rings. The Morgan fingerprint density at radius 2 is 1.78 bits per heavy atom. The molecular weight excluding hydrogens is 525 g/mol. The van der Waals surface area contributed by atoms with Gasteiger partial charge in [-0.25, -0.2) is 8.42 Å². The number of aliphatic imine (C=N–C) groups is 1. The fourth-order valence-electron chi connectivity index (χ4n) is 3.85. The molecule has 0 bridgehead atoms. The van der Waals surface area contributed by atoms with Gasteiger partial charge < -0.3 is 15.5 Å². The van der Waals surface area contributed by atoms with Crippen molar-refractivity contribution in [3.8, 4) is 0 Å². The Morgan fingerprint density at radius 1 is 1.11 bits per heavy atom. The van der Waals surface area contributed by atoms with E-state index in [1.165, 1.54) is 17.0 Å². The summed E-state index contributed by atoms with van der Waals surface area (Å²) in [5.41, 5.74) is 1.92. The van der Waals surface area contributed by atoms with Crippen LogP contribution >= 0.6 is 23.2 Å². The van der Waals surface area contributed by atoms with Crippen molar-refractivity contribution in [1.82, 2.24) is 19.8 Å². The molecule has 1 heterocycles. The van der Waals surface area contributed by atoms with Crippen LogP contribution in [0.5, 0.6) is 0 Å². The Balaban J connectivity index is 1.32. The molecule has 12 heteroatoms. The van der Waals surface area contributed by atoms with Crippen molar-refractivity contribution in [3.05, 3.63) is 63.6 Å². The Labute approximate surface area is 220 Å². The molecule has 1 aliphatic carbocycles. The van der Waals surface area contributed by atoms with E-state index in [-0.39, 0.29) is 33.4 Å². The minimum atomic E-state index is -4.10. The number of hydrogen-bond donors (Lipinski definition) is 2.